The third kappa shape index (κ3) is 3.88. The van der Waals surface area contributed by atoms with Crippen molar-refractivity contribution in [2.24, 2.45) is 0 Å². The third-order valence-electron chi connectivity index (χ3n) is 7.97. The molecule has 0 spiro atoms. The Balaban J connectivity index is 1.32. The Labute approximate surface area is 186 Å². The molecule has 6 nitrogen and oxygen atoms in total. The first kappa shape index (κ1) is 21.3. The summed E-state index contributed by atoms with van der Waals surface area (Å²) < 4.78 is 28.7. The quantitative estimate of drug-likeness (QED) is 0.737. The highest BCUT2D eigenvalue weighted by Crippen LogP contribution is 2.39. The van der Waals surface area contributed by atoms with E-state index in [2.05, 4.69) is 34.9 Å². The number of nitrogens with zero attached hydrogens (tertiary/aromatic N) is 1. The Morgan fingerprint density at radius 1 is 0.968 bits per heavy atom. The number of sulfonamides is 1. The minimum Gasteiger partial charge on any atom is -0.307 e. The Morgan fingerprint density at radius 3 is 2.10 bits per heavy atom. The van der Waals surface area contributed by atoms with Crippen molar-refractivity contribution in [3.8, 4) is 0 Å². The summed E-state index contributed by atoms with van der Waals surface area (Å²) in [6, 6.07) is 2.75. The van der Waals surface area contributed by atoms with Crippen molar-refractivity contribution in [3.05, 3.63) is 28.3 Å². The second kappa shape index (κ2) is 8.07. The fraction of sp³-hybridized carbons (Fsp3) is 0.708. The van der Waals surface area contributed by atoms with Crippen molar-refractivity contribution in [3.63, 3.8) is 0 Å². The van der Waals surface area contributed by atoms with Gasteiger partial charge in [0.1, 0.15) is 0 Å². The van der Waals surface area contributed by atoms with Crippen LogP contribution < -0.4 is 10.0 Å². The molecule has 2 heterocycles. The zero-order valence-electron chi connectivity index (χ0n) is 18.7. The molecule has 2 bridgehead atoms. The van der Waals surface area contributed by atoms with Gasteiger partial charge in [0.2, 0.25) is 10.0 Å². The maximum absolute atomic E-state index is 13.2. The van der Waals surface area contributed by atoms with Gasteiger partial charge >= 0.3 is 6.03 Å². The molecule has 5 rings (SSSR count). The van der Waals surface area contributed by atoms with Gasteiger partial charge in [0.25, 0.3) is 0 Å². The summed E-state index contributed by atoms with van der Waals surface area (Å²) in [6.45, 7) is 4.39. The number of nitrogens with one attached hydrogen (secondary N) is 2. The maximum atomic E-state index is 13.2. The lowest BCUT2D eigenvalue weighted by Crippen LogP contribution is -2.58. The van der Waals surface area contributed by atoms with Crippen molar-refractivity contribution >= 4 is 21.7 Å². The van der Waals surface area contributed by atoms with Crippen LogP contribution in [0.25, 0.3) is 0 Å². The molecule has 2 amide bonds. The van der Waals surface area contributed by atoms with Gasteiger partial charge < -0.3 is 5.32 Å². The highest BCUT2D eigenvalue weighted by Gasteiger charge is 2.44. The molecule has 31 heavy (non-hydrogen) atoms. The molecular weight excluding hydrogens is 410 g/mol. The molecule has 0 radical (unpaired) electrons. The van der Waals surface area contributed by atoms with Crippen LogP contribution in [0.4, 0.5) is 10.5 Å². The summed E-state index contributed by atoms with van der Waals surface area (Å²) in [4.78, 5) is 15.4. The molecule has 1 aromatic rings. The van der Waals surface area contributed by atoms with E-state index in [1.165, 1.54) is 28.7 Å². The minimum absolute atomic E-state index is 0.304. The normalized spacial score (nSPS) is 27.8. The zero-order chi connectivity index (χ0) is 21.8. The highest BCUT2D eigenvalue weighted by molar-refractivity contribution is 7.90. The lowest BCUT2D eigenvalue weighted by molar-refractivity contribution is 0.0154. The molecular formula is C24H35N3O3S. The number of benzene rings is 1. The van der Waals surface area contributed by atoms with E-state index in [0.717, 1.165) is 57.1 Å². The van der Waals surface area contributed by atoms with Crippen LogP contribution in [-0.4, -0.2) is 42.7 Å². The zero-order valence-corrected chi connectivity index (χ0v) is 19.6. The number of rotatable bonds is 4. The third-order valence-corrected chi connectivity index (χ3v) is 9.70. The van der Waals surface area contributed by atoms with E-state index in [-0.39, 0.29) is 0 Å². The van der Waals surface area contributed by atoms with Crippen LogP contribution in [0.3, 0.4) is 0 Å². The molecule has 7 heteroatoms. The Morgan fingerprint density at radius 2 is 1.55 bits per heavy atom. The number of amides is 2. The van der Waals surface area contributed by atoms with Crippen molar-refractivity contribution in [1.82, 2.24) is 9.62 Å². The van der Waals surface area contributed by atoms with Crippen LogP contribution in [-0.2, 0) is 35.7 Å². The number of carbonyl (C=O) groups is 1. The van der Waals surface area contributed by atoms with Gasteiger partial charge in [-0.25, -0.2) is 17.9 Å². The molecule has 3 atom stereocenters. The molecule has 0 saturated carbocycles. The largest absolute Gasteiger partial charge is 0.332 e. The SMILES string of the molecule is CC(C)N1[C@@H]2CCC[C@H]1CC(S(=O)(=O)NC(=O)Nc1c3c(cc4c1CCC4)CCC3)C2. The van der Waals surface area contributed by atoms with Gasteiger partial charge in [-0.05, 0) is 100 Å². The first-order valence-corrected chi connectivity index (χ1v) is 13.6. The van der Waals surface area contributed by atoms with Crippen LogP contribution in [0, 0.1) is 0 Å². The van der Waals surface area contributed by atoms with Gasteiger partial charge in [0, 0.05) is 23.8 Å². The predicted molar refractivity (Wildman–Crippen MR) is 123 cm³/mol. The van der Waals surface area contributed by atoms with E-state index in [0.29, 0.717) is 31.0 Å². The van der Waals surface area contributed by atoms with Gasteiger partial charge in [0.15, 0.2) is 0 Å². The first-order chi connectivity index (χ1) is 14.8. The Hall–Kier alpha value is -1.60. The summed E-state index contributed by atoms with van der Waals surface area (Å²) in [7, 11) is -3.71. The first-order valence-electron chi connectivity index (χ1n) is 12.1. The Kier molecular flexibility index (Phi) is 5.53. The number of aryl methyl sites for hydroxylation is 2. The van der Waals surface area contributed by atoms with Gasteiger partial charge in [-0.2, -0.15) is 0 Å². The molecule has 4 aliphatic rings. The van der Waals surface area contributed by atoms with E-state index >= 15 is 0 Å². The number of urea groups is 1. The molecule has 1 aromatic carbocycles. The van der Waals surface area contributed by atoms with E-state index in [1.807, 2.05) is 0 Å². The topological polar surface area (TPSA) is 78.5 Å². The molecule has 2 aliphatic heterocycles. The standard InChI is InChI=1S/C24H35N3O3S/c1-15(2)27-18-8-5-9-19(27)14-20(13-18)31(29,30)26-24(28)25-23-21-10-3-6-16(21)12-17-7-4-11-22(17)23/h12,15,18-20H,3-11,13-14H2,1-2H3,(H2,25,26,28)/t18-,19+,20?. The average Bonchev–Trinajstić information content (AvgIpc) is 3.35. The summed E-state index contributed by atoms with van der Waals surface area (Å²) in [6.07, 6.45) is 10.7. The van der Waals surface area contributed by atoms with Crippen LogP contribution >= 0.6 is 0 Å². The minimum atomic E-state index is -3.71. The van der Waals surface area contributed by atoms with Crippen molar-refractivity contribution in [1.29, 1.82) is 0 Å². The smallest absolute Gasteiger partial charge is 0.307 e. The fourth-order valence-corrected chi connectivity index (χ4v) is 8.21. The average molecular weight is 446 g/mol. The Bertz CT molecular complexity index is 942. The number of hydrogen-bond acceptors (Lipinski definition) is 4. The number of anilines is 1. The molecule has 2 aliphatic carbocycles. The second-order valence-corrected chi connectivity index (χ2v) is 12.2. The maximum Gasteiger partial charge on any atom is 0.332 e. The van der Waals surface area contributed by atoms with Crippen LogP contribution in [0.1, 0.15) is 81.0 Å². The van der Waals surface area contributed by atoms with Gasteiger partial charge in [-0.3, -0.25) is 4.90 Å². The molecule has 2 fully saturated rings. The predicted octanol–water partition coefficient (Wildman–Crippen LogP) is 3.91. The van der Waals surface area contributed by atoms with Crippen molar-refractivity contribution in [2.45, 2.75) is 108 Å². The van der Waals surface area contributed by atoms with E-state index < -0.39 is 21.3 Å². The summed E-state index contributed by atoms with van der Waals surface area (Å²) in [5.74, 6) is 0. The van der Waals surface area contributed by atoms with Crippen molar-refractivity contribution in [2.75, 3.05) is 5.32 Å². The fourth-order valence-electron chi connectivity index (χ4n) is 6.78. The molecule has 2 N–H and O–H groups in total. The number of hydrogen-bond donors (Lipinski definition) is 2. The van der Waals surface area contributed by atoms with E-state index in [4.69, 9.17) is 0 Å². The van der Waals surface area contributed by atoms with Crippen molar-refractivity contribution < 1.29 is 13.2 Å². The molecule has 0 aromatic heterocycles. The highest BCUT2D eigenvalue weighted by atomic mass is 32.2. The lowest BCUT2D eigenvalue weighted by atomic mass is 9.83. The number of fused-ring (bicyclic) bond motifs is 4. The summed E-state index contributed by atoms with van der Waals surface area (Å²) in [5.41, 5.74) is 5.98. The lowest BCUT2D eigenvalue weighted by Gasteiger charge is -2.50. The molecule has 1 unspecified atom stereocenters. The van der Waals surface area contributed by atoms with E-state index in [1.54, 1.807) is 0 Å². The van der Waals surface area contributed by atoms with Gasteiger partial charge in [-0.15, -0.1) is 0 Å². The second-order valence-electron chi connectivity index (χ2n) is 10.2. The van der Waals surface area contributed by atoms with Crippen LogP contribution in [0.15, 0.2) is 6.07 Å². The van der Waals surface area contributed by atoms with Gasteiger partial charge in [-0.1, -0.05) is 12.5 Å². The summed E-state index contributed by atoms with van der Waals surface area (Å²) in [5, 5.41) is 2.49. The van der Waals surface area contributed by atoms with E-state index in [9.17, 15) is 13.2 Å². The number of piperidine rings is 2. The van der Waals surface area contributed by atoms with Gasteiger partial charge in [0.05, 0.1) is 5.25 Å². The molecule has 170 valence electrons. The monoisotopic (exact) mass is 445 g/mol. The summed E-state index contributed by atoms with van der Waals surface area (Å²) >= 11 is 0. The number of carbonyl (C=O) groups excluding carboxylic acids is 1. The molecule has 2 saturated heterocycles. The van der Waals surface area contributed by atoms with Crippen LogP contribution in [0.5, 0.6) is 0 Å². The van der Waals surface area contributed by atoms with Crippen LogP contribution in [0.2, 0.25) is 0 Å².